The number of rotatable bonds is 5. The number of aromatic nitrogens is 1. The Morgan fingerprint density at radius 3 is 2.69 bits per heavy atom. The van der Waals surface area contributed by atoms with Crippen molar-refractivity contribution in [3.63, 3.8) is 0 Å². The summed E-state index contributed by atoms with van der Waals surface area (Å²) in [4.78, 5) is 25.9. The fourth-order valence-electron chi connectivity index (χ4n) is 4.05. The number of cyclic esters (lactones) is 1. The fraction of sp³-hybridized carbons (Fsp3) is 0.429. The van der Waals surface area contributed by atoms with Gasteiger partial charge in [0.15, 0.2) is 17.6 Å². The number of hydrogen-bond acceptors (Lipinski definition) is 7. The number of fused-ring (bicyclic) bond motifs is 1. The lowest BCUT2D eigenvalue weighted by Gasteiger charge is -2.19. The van der Waals surface area contributed by atoms with Gasteiger partial charge in [0.25, 0.3) is 5.56 Å². The summed E-state index contributed by atoms with van der Waals surface area (Å²) in [5, 5.41) is 10.6. The Morgan fingerprint density at radius 1 is 1.24 bits per heavy atom. The maximum absolute atomic E-state index is 13.3. The maximum Gasteiger partial charge on any atom is 0.343 e. The van der Waals surface area contributed by atoms with E-state index in [1.54, 1.807) is 23.6 Å². The minimum Gasteiger partial charge on any atom is -0.507 e. The highest BCUT2D eigenvalue weighted by Crippen LogP contribution is 2.45. The lowest BCUT2D eigenvalue weighted by atomic mass is 9.98. The fourth-order valence-corrected chi connectivity index (χ4v) is 4.05. The zero-order chi connectivity index (χ0) is 20.7. The van der Waals surface area contributed by atoms with Gasteiger partial charge in [0, 0.05) is 17.9 Å². The second kappa shape index (κ2) is 7.44. The molecule has 3 heterocycles. The van der Waals surface area contributed by atoms with E-state index in [1.165, 1.54) is 20.3 Å². The highest BCUT2D eigenvalue weighted by molar-refractivity contribution is 5.98. The van der Waals surface area contributed by atoms with Gasteiger partial charge in [-0.1, -0.05) is 6.07 Å². The van der Waals surface area contributed by atoms with E-state index < -0.39 is 17.6 Å². The van der Waals surface area contributed by atoms with Crippen molar-refractivity contribution in [1.29, 1.82) is 0 Å². The van der Waals surface area contributed by atoms with Crippen LogP contribution in [0.2, 0.25) is 0 Å². The molecule has 1 aromatic heterocycles. The summed E-state index contributed by atoms with van der Waals surface area (Å²) in [6.45, 7) is 2.82. The number of aromatic hydroxyl groups is 1. The first-order valence-corrected chi connectivity index (χ1v) is 9.47. The highest BCUT2D eigenvalue weighted by atomic mass is 16.6. The van der Waals surface area contributed by atoms with Gasteiger partial charge >= 0.3 is 5.97 Å². The number of carbonyl (C=O) groups excluding carboxylic acids is 1. The summed E-state index contributed by atoms with van der Waals surface area (Å²) >= 11 is 0. The number of aryl methyl sites for hydroxylation is 1. The standard InChI is InChI=1S/C21H23NO7/c1-11-9-14(23)17(20(24)22(11)10-12-5-4-8-28-12)18-13-6-7-15(26-2)19(27-3)16(13)21(25)29-18/h6-7,9,12,18,23H,4-5,8,10H2,1-3H3/t12-,18-/m0/s1. The Labute approximate surface area is 167 Å². The molecule has 2 aromatic rings. The first-order chi connectivity index (χ1) is 14.0. The smallest absolute Gasteiger partial charge is 0.343 e. The van der Waals surface area contributed by atoms with Crippen molar-refractivity contribution in [1.82, 2.24) is 4.57 Å². The third kappa shape index (κ3) is 3.13. The van der Waals surface area contributed by atoms with Crippen molar-refractivity contribution < 1.29 is 28.8 Å². The van der Waals surface area contributed by atoms with Crippen LogP contribution in [0.1, 0.15) is 46.1 Å². The van der Waals surface area contributed by atoms with Crippen LogP contribution in [0.4, 0.5) is 0 Å². The summed E-state index contributed by atoms with van der Waals surface area (Å²) < 4.78 is 23.3. The van der Waals surface area contributed by atoms with Crippen LogP contribution in [0.5, 0.6) is 17.2 Å². The van der Waals surface area contributed by atoms with E-state index in [0.29, 0.717) is 30.2 Å². The normalized spacial score (nSPS) is 20.4. The van der Waals surface area contributed by atoms with Crippen molar-refractivity contribution in [2.24, 2.45) is 0 Å². The first kappa shape index (κ1) is 19.3. The number of esters is 1. The summed E-state index contributed by atoms with van der Waals surface area (Å²) in [5.41, 5.74) is 0.879. The van der Waals surface area contributed by atoms with Crippen LogP contribution in [0.25, 0.3) is 0 Å². The van der Waals surface area contributed by atoms with Crippen LogP contribution < -0.4 is 15.0 Å². The Hall–Kier alpha value is -3.00. The van der Waals surface area contributed by atoms with Crippen LogP contribution >= 0.6 is 0 Å². The Morgan fingerprint density at radius 2 is 2.03 bits per heavy atom. The second-order valence-corrected chi connectivity index (χ2v) is 7.19. The first-order valence-electron chi connectivity index (χ1n) is 9.47. The second-order valence-electron chi connectivity index (χ2n) is 7.19. The number of benzene rings is 1. The number of hydrogen-bond donors (Lipinski definition) is 1. The monoisotopic (exact) mass is 401 g/mol. The number of carbonyl (C=O) groups is 1. The molecular formula is C21H23NO7. The van der Waals surface area contributed by atoms with Crippen LogP contribution in [0.15, 0.2) is 23.0 Å². The molecule has 29 heavy (non-hydrogen) atoms. The third-order valence-electron chi connectivity index (χ3n) is 5.48. The molecule has 8 nitrogen and oxygen atoms in total. The highest BCUT2D eigenvalue weighted by Gasteiger charge is 2.40. The molecule has 4 rings (SSSR count). The molecule has 1 fully saturated rings. The van der Waals surface area contributed by atoms with Crippen LogP contribution in [-0.4, -0.2) is 42.6 Å². The molecule has 2 atom stereocenters. The Bertz CT molecular complexity index is 1020. The van der Waals surface area contributed by atoms with Gasteiger partial charge in [-0.25, -0.2) is 4.79 Å². The zero-order valence-electron chi connectivity index (χ0n) is 16.6. The van der Waals surface area contributed by atoms with E-state index >= 15 is 0 Å². The van der Waals surface area contributed by atoms with Crippen molar-refractivity contribution in [2.75, 3.05) is 20.8 Å². The minimum atomic E-state index is -1.03. The van der Waals surface area contributed by atoms with E-state index in [4.69, 9.17) is 18.9 Å². The summed E-state index contributed by atoms with van der Waals surface area (Å²) in [7, 11) is 2.90. The quantitative estimate of drug-likeness (QED) is 0.768. The molecule has 8 heteroatoms. The predicted octanol–water partition coefficient (Wildman–Crippen LogP) is 2.32. The Kier molecular flexibility index (Phi) is 4.96. The molecule has 0 unspecified atom stereocenters. The lowest BCUT2D eigenvalue weighted by molar-refractivity contribution is 0.0446. The molecule has 154 valence electrons. The molecule has 0 bridgehead atoms. The van der Waals surface area contributed by atoms with Crippen LogP contribution in [0.3, 0.4) is 0 Å². The van der Waals surface area contributed by atoms with Crippen molar-refractivity contribution in [3.05, 3.63) is 50.9 Å². The summed E-state index contributed by atoms with van der Waals surface area (Å²) in [6, 6.07) is 4.80. The molecule has 1 aromatic carbocycles. The van der Waals surface area contributed by atoms with Gasteiger partial charge in [0.1, 0.15) is 16.9 Å². The topological polar surface area (TPSA) is 96.2 Å². The number of nitrogens with zero attached hydrogens (tertiary/aromatic N) is 1. The molecule has 0 aliphatic carbocycles. The van der Waals surface area contributed by atoms with E-state index in [9.17, 15) is 14.7 Å². The zero-order valence-corrected chi connectivity index (χ0v) is 16.6. The Balaban J connectivity index is 1.83. The summed E-state index contributed by atoms with van der Waals surface area (Å²) in [5.74, 6) is -0.223. The van der Waals surface area contributed by atoms with Crippen LogP contribution in [-0.2, 0) is 16.0 Å². The van der Waals surface area contributed by atoms with Gasteiger partial charge in [-0.05, 0) is 31.9 Å². The summed E-state index contributed by atoms with van der Waals surface area (Å²) in [6.07, 6.45) is 0.756. The van der Waals surface area contributed by atoms with Gasteiger partial charge in [0.2, 0.25) is 0 Å². The van der Waals surface area contributed by atoms with Gasteiger partial charge in [-0.3, -0.25) is 4.79 Å². The van der Waals surface area contributed by atoms with Gasteiger partial charge in [0.05, 0.1) is 26.9 Å². The van der Waals surface area contributed by atoms with E-state index in [2.05, 4.69) is 0 Å². The minimum absolute atomic E-state index is 0.0212. The van der Waals surface area contributed by atoms with Crippen LogP contribution in [0, 0.1) is 6.92 Å². The van der Waals surface area contributed by atoms with E-state index in [0.717, 1.165) is 12.8 Å². The molecule has 1 saturated heterocycles. The molecule has 2 aliphatic heterocycles. The molecule has 0 amide bonds. The van der Waals surface area contributed by atoms with Gasteiger partial charge in [-0.15, -0.1) is 0 Å². The number of ether oxygens (including phenoxy) is 4. The van der Waals surface area contributed by atoms with Gasteiger partial charge in [-0.2, -0.15) is 0 Å². The molecule has 0 spiro atoms. The average Bonchev–Trinajstić information content (AvgIpc) is 3.32. The predicted molar refractivity (Wildman–Crippen MR) is 103 cm³/mol. The molecular weight excluding hydrogens is 378 g/mol. The molecule has 0 saturated carbocycles. The molecule has 1 N–H and O–H groups in total. The van der Waals surface area contributed by atoms with E-state index in [-0.39, 0.29) is 28.7 Å². The van der Waals surface area contributed by atoms with Gasteiger partial charge < -0.3 is 28.6 Å². The third-order valence-corrected chi connectivity index (χ3v) is 5.48. The van der Waals surface area contributed by atoms with E-state index in [1.807, 2.05) is 0 Å². The lowest BCUT2D eigenvalue weighted by Crippen LogP contribution is -2.31. The largest absolute Gasteiger partial charge is 0.507 e. The average molecular weight is 401 g/mol. The number of pyridine rings is 1. The maximum atomic E-state index is 13.3. The van der Waals surface area contributed by atoms with Crippen molar-refractivity contribution in [2.45, 2.75) is 38.5 Å². The molecule has 2 aliphatic rings. The van der Waals surface area contributed by atoms with Crippen molar-refractivity contribution in [3.8, 4) is 17.2 Å². The molecule has 0 radical (unpaired) electrons. The van der Waals surface area contributed by atoms with Crippen molar-refractivity contribution >= 4 is 5.97 Å². The SMILES string of the molecule is COc1ccc2c(c1OC)C(=O)O[C@@H]2c1c(O)cc(C)n(C[C@@H]2CCCO2)c1=O. The number of methoxy groups -OCH3 is 2.